The number of carboxylic acid groups (broad SMARTS) is 1. The van der Waals surface area contributed by atoms with Crippen LogP contribution < -0.4 is 15.7 Å². The van der Waals surface area contributed by atoms with Crippen LogP contribution in [0.3, 0.4) is 0 Å². The van der Waals surface area contributed by atoms with E-state index in [9.17, 15) is 24.6 Å². The number of aromatic hydroxyl groups is 1. The number of carbonyl (C=O) groups excluding carboxylic acids is 1. The summed E-state index contributed by atoms with van der Waals surface area (Å²) in [7, 11) is 1.44. The Bertz CT molecular complexity index is 1490. The fourth-order valence-corrected chi connectivity index (χ4v) is 4.15. The minimum Gasteiger partial charge on any atom is -0.508 e. The van der Waals surface area contributed by atoms with Gasteiger partial charge in [-0.3, -0.25) is 4.79 Å². The number of hydrogen-bond acceptors (Lipinski definition) is 6. The normalized spacial score (nSPS) is 12.1. The lowest BCUT2D eigenvalue weighted by molar-refractivity contribution is -0.141. The van der Waals surface area contributed by atoms with E-state index in [2.05, 4.69) is 10.3 Å². The molecule has 1 unspecified atom stereocenters. The average molecular weight is 485 g/mol. The molecule has 0 fully saturated rings. The fraction of sp³-hybridized carbons (Fsp3) is 0.208. The number of phenols is 1. The van der Waals surface area contributed by atoms with Crippen molar-refractivity contribution in [3.8, 4) is 11.5 Å². The summed E-state index contributed by atoms with van der Waals surface area (Å²) in [4.78, 5) is 40.1. The van der Waals surface area contributed by atoms with Gasteiger partial charge in [0.2, 0.25) is 5.91 Å². The number of amides is 1. The van der Waals surface area contributed by atoms with Gasteiger partial charge in [0.15, 0.2) is 0 Å². The molecule has 34 heavy (non-hydrogen) atoms. The lowest BCUT2D eigenvalue weighted by Crippen LogP contribution is -2.43. The molecule has 4 aromatic rings. The Hall–Kier alpha value is -3.98. The van der Waals surface area contributed by atoms with Gasteiger partial charge in [-0.05, 0) is 42.3 Å². The zero-order valence-electron chi connectivity index (χ0n) is 18.3. The first-order valence-corrected chi connectivity index (χ1v) is 10.7. The van der Waals surface area contributed by atoms with Crippen LogP contribution in [-0.4, -0.2) is 40.2 Å². The molecule has 4 N–H and O–H groups in total. The number of hydrogen-bond donors (Lipinski definition) is 4. The number of H-pyrrole nitrogens is 1. The zero-order chi connectivity index (χ0) is 24.6. The molecule has 2 aromatic carbocycles. The summed E-state index contributed by atoms with van der Waals surface area (Å²) in [5.41, 5.74) is 1.51. The van der Waals surface area contributed by atoms with Crippen LogP contribution in [0.2, 0.25) is 5.02 Å². The number of aryl methyl sites for hydroxylation is 1. The van der Waals surface area contributed by atoms with E-state index in [1.807, 2.05) is 0 Å². The van der Waals surface area contributed by atoms with Gasteiger partial charge in [-0.1, -0.05) is 11.6 Å². The van der Waals surface area contributed by atoms with E-state index in [-0.39, 0.29) is 29.7 Å². The number of ether oxygens (including phenoxy) is 1. The fourth-order valence-electron chi connectivity index (χ4n) is 3.91. The number of aromatic nitrogens is 1. The molecule has 2 heterocycles. The van der Waals surface area contributed by atoms with Crippen LogP contribution in [0.15, 0.2) is 45.7 Å². The predicted octanol–water partition coefficient (Wildman–Crippen LogP) is 3.30. The Labute approximate surface area is 197 Å². The maximum absolute atomic E-state index is 12.7. The minimum atomic E-state index is -1.25. The molecule has 0 spiro atoms. The summed E-state index contributed by atoms with van der Waals surface area (Å²) in [5, 5.41) is 23.4. The molecule has 0 radical (unpaired) electrons. The third kappa shape index (κ3) is 4.42. The lowest BCUT2D eigenvalue weighted by atomic mass is 10.0. The summed E-state index contributed by atoms with van der Waals surface area (Å²) >= 11 is 6.19. The van der Waals surface area contributed by atoms with Crippen LogP contribution in [0, 0.1) is 6.92 Å². The number of methoxy groups -OCH3 is 1. The van der Waals surface area contributed by atoms with Crippen molar-refractivity contribution < 1.29 is 29.0 Å². The van der Waals surface area contributed by atoms with Crippen molar-refractivity contribution in [2.75, 3.05) is 7.11 Å². The first-order valence-electron chi connectivity index (χ1n) is 10.3. The van der Waals surface area contributed by atoms with Crippen molar-refractivity contribution in [2.24, 2.45) is 0 Å². The average Bonchev–Trinajstić information content (AvgIpc) is 3.18. The minimum absolute atomic E-state index is 0.0226. The molecule has 2 aromatic heterocycles. The maximum Gasteiger partial charge on any atom is 0.340 e. The van der Waals surface area contributed by atoms with Gasteiger partial charge in [-0.25, -0.2) is 9.59 Å². The van der Waals surface area contributed by atoms with Gasteiger partial charge in [0, 0.05) is 35.0 Å². The molecule has 0 aliphatic heterocycles. The van der Waals surface area contributed by atoms with E-state index < -0.39 is 23.5 Å². The smallest absolute Gasteiger partial charge is 0.340 e. The second-order valence-corrected chi connectivity index (χ2v) is 8.27. The van der Waals surface area contributed by atoms with Crippen LogP contribution >= 0.6 is 11.6 Å². The Morgan fingerprint density at radius 3 is 2.71 bits per heavy atom. The molecule has 9 nitrogen and oxygen atoms in total. The molecule has 1 amide bonds. The molecule has 0 saturated carbocycles. The Morgan fingerprint density at radius 1 is 1.24 bits per heavy atom. The molecule has 0 saturated heterocycles. The zero-order valence-corrected chi connectivity index (χ0v) is 19.0. The number of fused-ring (bicyclic) bond motifs is 2. The number of halogens is 1. The summed E-state index contributed by atoms with van der Waals surface area (Å²) in [6.07, 6.45) is 1.24. The Morgan fingerprint density at radius 2 is 2.00 bits per heavy atom. The van der Waals surface area contributed by atoms with Gasteiger partial charge < -0.3 is 29.7 Å². The van der Waals surface area contributed by atoms with Crippen LogP contribution in [0.25, 0.3) is 21.9 Å². The second kappa shape index (κ2) is 9.11. The lowest BCUT2D eigenvalue weighted by Gasteiger charge is -2.15. The number of benzene rings is 2. The van der Waals surface area contributed by atoms with E-state index in [1.54, 1.807) is 25.3 Å². The van der Waals surface area contributed by atoms with Crippen molar-refractivity contribution in [3.63, 3.8) is 0 Å². The van der Waals surface area contributed by atoms with E-state index in [4.69, 9.17) is 20.8 Å². The SMILES string of the molecule is COc1cc2oc(=O)c(CC(=O)NC(Cc3c[nH]c4ccc(O)cc34)C(=O)O)c(C)c2cc1Cl. The van der Waals surface area contributed by atoms with E-state index in [0.717, 1.165) is 5.52 Å². The van der Waals surface area contributed by atoms with Gasteiger partial charge in [0.25, 0.3) is 0 Å². The van der Waals surface area contributed by atoms with Gasteiger partial charge in [-0.15, -0.1) is 0 Å². The third-order valence-electron chi connectivity index (χ3n) is 5.71. The van der Waals surface area contributed by atoms with Crippen molar-refractivity contribution in [1.82, 2.24) is 10.3 Å². The van der Waals surface area contributed by atoms with Gasteiger partial charge in [0.1, 0.15) is 23.1 Å². The van der Waals surface area contributed by atoms with Crippen molar-refractivity contribution in [1.29, 1.82) is 0 Å². The van der Waals surface area contributed by atoms with Crippen LogP contribution in [-0.2, 0) is 22.4 Å². The molecule has 0 aliphatic rings. The van der Waals surface area contributed by atoms with Gasteiger partial charge in [-0.2, -0.15) is 0 Å². The van der Waals surface area contributed by atoms with Crippen LogP contribution in [0.1, 0.15) is 16.7 Å². The summed E-state index contributed by atoms with van der Waals surface area (Å²) in [6, 6.07) is 6.54. The number of carbonyl (C=O) groups is 2. The van der Waals surface area contributed by atoms with E-state index in [0.29, 0.717) is 32.7 Å². The molecule has 176 valence electrons. The first kappa shape index (κ1) is 23.2. The quantitative estimate of drug-likeness (QED) is 0.295. The number of aromatic amines is 1. The number of phenolic OH excluding ortho intramolecular Hbond substituents is 1. The first-order chi connectivity index (χ1) is 16.2. The molecular weight excluding hydrogens is 464 g/mol. The number of rotatable bonds is 7. The van der Waals surface area contributed by atoms with Crippen LogP contribution in [0.5, 0.6) is 11.5 Å². The molecule has 0 bridgehead atoms. The van der Waals surface area contributed by atoms with Crippen molar-refractivity contribution in [2.45, 2.75) is 25.8 Å². The predicted molar refractivity (Wildman–Crippen MR) is 126 cm³/mol. The largest absolute Gasteiger partial charge is 0.508 e. The van der Waals surface area contributed by atoms with Crippen molar-refractivity contribution in [3.05, 3.63) is 68.7 Å². The highest BCUT2D eigenvalue weighted by molar-refractivity contribution is 6.32. The molecule has 4 rings (SSSR count). The monoisotopic (exact) mass is 484 g/mol. The van der Waals surface area contributed by atoms with Gasteiger partial charge >= 0.3 is 11.6 Å². The second-order valence-electron chi connectivity index (χ2n) is 7.86. The van der Waals surface area contributed by atoms with E-state index >= 15 is 0 Å². The van der Waals surface area contributed by atoms with Crippen LogP contribution in [0.4, 0.5) is 0 Å². The Kier molecular flexibility index (Phi) is 6.21. The van der Waals surface area contributed by atoms with Gasteiger partial charge in [0.05, 0.1) is 24.1 Å². The number of carboxylic acids is 1. The standard InChI is InChI=1S/C24H21ClN2O7/c1-11-14-7-17(25)21(33-2)9-20(14)34-24(32)15(11)8-22(29)27-19(23(30)31)5-12-10-26-18-4-3-13(28)6-16(12)18/h3-4,6-7,9-10,19,26,28H,5,8H2,1-2H3,(H,27,29)(H,30,31). The van der Waals surface area contributed by atoms with E-state index in [1.165, 1.54) is 25.3 Å². The summed E-state index contributed by atoms with van der Waals surface area (Å²) in [6.45, 7) is 1.66. The Balaban J connectivity index is 1.58. The molecule has 1 atom stereocenters. The molecular formula is C24H21ClN2O7. The third-order valence-corrected chi connectivity index (χ3v) is 6.00. The number of aliphatic carboxylic acids is 1. The summed E-state index contributed by atoms with van der Waals surface area (Å²) < 4.78 is 10.5. The van der Waals surface area contributed by atoms with Crippen molar-refractivity contribution >= 4 is 45.3 Å². The highest BCUT2D eigenvalue weighted by Crippen LogP contribution is 2.31. The summed E-state index contributed by atoms with van der Waals surface area (Å²) in [5.74, 6) is -1.49. The molecule has 10 heteroatoms. The number of nitrogens with one attached hydrogen (secondary N) is 2. The highest BCUT2D eigenvalue weighted by atomic mass is 35.5. The molecule has 0 aliphatic carbocycles. The maximum atomic E-state index is 12.7. The topological polar surface area (TPSA) is 142 Å². The highest BCUT2D eigenvalue weighted by Gasteiger charge is 2.24.